The number of aliphatic hydroxyl groups is 1. The molecule has 0 saturated carbocycles. The van der Waals surface area contributed by atoms with Crippen LogP contribution in [0.15, 0.2) is 48.5 Å². The van der Waals surface area contributed by atoms with Crippen LogP contribution in [0.3, 0.4) is 0 Å². The molecule has 2 rings (SSSR count). The molecule has 0 aliphatic carbocycles. The van der Waals surface area contributed by atoms with E-state index in [-0.39, 0.29) is 0 Å². The number of benzene rings is 2. The molecule has 0 saturated heterocycles. The summed E-state index contributed by atoms with van der Waals surface area (Å²) in [6.45, 7) is 0. The number of alkyl halides is 5. The molecule has 0 amide bonds. The van der Waals surface area contributed by atoms with Gasteiger partial charge in [0.15, 0.2) is 5.60 Å². The van der Waals surface area contributed by atoms with Crippen LogP contribution in [-0.4, -0.2) is 17.2 Å². The summed E-state index contributed by atoms with van der Waals surface area (Å²) in [7, 11) is 0. The van der Waals surface area contributed by atoms with E-state index in [1.807, 2.05) is 0 Å². The first-order valence-electron chi connectivity index (χ1n) is 6.20. The van der Waals surface area contributed by atoms with Crippen LogP contribution < -0.4 is 0 Å². The predicted molar refractivity (Wildman–Crippen MR) is 76.9 cm³/mol. The molecule has 0 unspecified atom stereocenters. The maximum atomic E-state index is 14.2. The summed E-state index contributed by atoms with van der Waals surface area (Å²) in [6.07, 6.45) is -6.03. The van der Waals surface area contributed by atoms with E-state index < -0.39 is 38.9 Å². The average molecular weight is 371 g/mol. The monoisotopic (exact) mass is 370 g/mol. The lowest BCUT2D eigenvalue weighted by molar-refractivity contribution is -0.336. The predicted octanol–water partition coefficient (Wildman–Crippen LogP) is 5.43. The van der Waals surface area contributed by atoms with Crippen LogP contribution in [0.2, 0.25) is 10.0 Å². The van der Waals surface area contributed by atoms with Crippen molar-refractivity contribution in [1.82, 2.24) is 0 Å². The molecule has 0 aliphatic heterocycles. The summed E-state index contributed by atoms with van der Waals surface area (Å²) >= 11 is 11.5. The van der Waals surface area contributed by atoms with Gasteiger partial charge in [-0.15, -0.1) is 0 Å². The molecule has 2 aromatic rings. The molecule has 2 aromatic carbocycles. The SMILES string of the molecule is OC(c1ccccc1Cl)(c1ccccc1Cl)C(F)(F)C(F)(F)F. The molecule has 0 spiro atoms. The highest BCUT2D eigenvalue weighted by Crippen LogP contribution is 2.54. The van der Waals surface area contributed by atoms with Gasteiger partial charge >= 0.3 is 12.1 Å². The summed E-state index contributed by atoms with van der Waals surface area (Å²) in [5.41, 5.74) is -5.36. The zero-order valence-electron chi connectivity index (χ0n) is 11.2. The molecule has 8 heteroatoms. The maximum Gasteiger partial charge on any atom is 0.457 e. The Labute approximate surface area is 138 Å². The van der Waals surface area contributed by atoms with Gasteiger partial charge in [-0.3, -0.25) is 0 Å². The van der Waals surface area contributed by atoms with Gasteiger partial charge in [0.2, 0.25) is 0 Å². The van der Waals surface area contributed by atoms with Gasteiger partial charge in [-0.1, -0.05) is 59.6 Å². The van der Waals surface area contributed by atoms with Gasteiger partial charge in [-0.25, -0.2) is 0 Å². The van der Waals surface area contributed by atoms with Gasteiger partial charge in [-0.2, -0.15) is 22.0 Å². The summed E-state index contributed by atoms with van der Waals surface area (Å²) < 4.78 is 67.3. The second-order valence-electron chi connectivity index (χ2n) is 4.74. The van der Waals surface area contributed by atoms with Crippen LogP contribution in [0, 0.1) is 0 Å². The van der Waals surface area contributed by atoms with Crippen molar-refractivity contribution in [2.45, 2.75) is 17.7 Å². The Morgan fingerprint density at radius 2 is 1.04 bits per heavy atom. The highest BCUT2D eigenvalue weighted by Gasteiger charge is 2.71. The van der Waals surface area contributed by atoms with E-state index in [0.29, 0.717) is 0 Å². The first-order chi connectivity index (χ1) is 10.5. The van der Waals surface area contributed by atoms with E-state index in [9.17, 15) is 27.1 Å². The first-order valence-corrected chi connectivity index (χ1v) is 6.96. The van der Waals surface area contributed by atoms with Crippen molar-refractivity contribution in [3.8, 4) is 0 Å². The van der Waals surface area contributed by atoms with Crippen molar-refractivity contribution < 1.29 is 27.1 Å². The van der Waals surface area contributed by atoms with Crippen molar-refractivity contribution in [3.63, 3.8) is 0 Å². The largest absolute Gasteiger partial charge is 0.457 e. The minimum atomic E-state index is -6.03. The summed E-state index contributed by atoms with van der Waals surface area (Å²) in [5, 5.41) is 9.65. The lowest BCUT2D eigenvalue weighted by Gasteiger charge is -2.38. The van der Waals surface area contributed by atoms with Gasteiger partial charge in [0, 0.05) is 21.2 Å². The van der Waals surface area contributed by atoms with Crippen molar-refractivity contribution in [1.29, 1.82) is 0 Å². The van der Waals surface area contributed by atoms with Gasteiger partial charge in [0.25, 0.3) is 0 Å². The first kappa shape index (κ1) is 18.0. The fourth-order valence-corrected chi connectivity index (χ4v) is 2.74. The molecule has 23 heavy (non-hydrogen) atoms. The molecular weight excluding hydrogens is 362 g/mol. The fourth-order valence-electron chi connectivity index (χ4n) is 2.20. The molecule has 0 aromatic heterocycles. The van der Waals surface area contributed by atoms with E-state index in [4.69, 9.17) is 23.2 Å². The minimum Gasteiger partial charge on any atom is -0.374 e. The van der Waals surface area contributed by atoms with Gasteiger partial charge in [0.1, 0.15) is 0 Å². The van der Waals surface area contributed by atoms with Gasteiger partial charge in [0.05, 0.1) is 0 Å². The molecule has 1 nitrogen and oxygen atoms in total. The van der Waals surface area contributed by atoms with Crippen LogP contribution in [0.4, 0.5) is 22.0 Å². The second-order valence-corrected chi connectivity index (χ2v) is 5.56. The highest BCUT2D eigenvalue weighted by atomic mass is 35.5. The minimum absolute atomic E-state index is 0.446. The van der Waals surface area contributed by atoms with Gasteiger partial charge < -0.3 is 5.11 Å². The van der Waals surface area contributed by atoms with Crippen molar-refractivity contribution in [2.75, 3.05) is 0 Å². The molecule has 0 radical (unpaired) electrons. The Hall–Kier alpha value is -1.37. The third kappa shape index (κ3) is 2.79. The molecular formula is C15H9Cl2F5O. The molecule has 0 fully saturated rings. The summed E-state index contributed by atoms with van der Waals surface area (Å²) in [5.74, 6) is -5.53. The van der Waals surface area contributed by atoms with Crippen LogP contribution in [0.5, 0.6) is 0 Å². The van der Waals surface area contributed by atoms with E-state index in [1.165, 1.54) is 24.3 Å². The molecule has 0 heterocycles. The van der Waals surface area contributed by atoms with Crippen molar-refractivity contribution in [2.24, 2.45) is 0 Å². The highest BCUT2D eigenvalue weighted by molar-refractivity contribution is 6.32. The van der Waals surface area contributed by atoms with Gasteiger partial charge in [-0.05, 0) is 12.1 Å². The topological polar surface area (TPSA) is 20.2 Å². The fraction of sp³-hybridized carbons (Fsp3) is 0.200. The normalized spacial score (nSPS) is 13.2. The van der Waals surface area contributed by atoms with Crippen LogP contribution in [-0.2, 0) is 5.60 Å². The van der Waals surface area contributed by atoms with Crippen LogP contribution in [0.1, 0.15) is 11.1 Å². The maximum absolute atomic E-state index is 14.2. The molecule has 0 atom stereocenters. The Morgan fingerprint density at radius 3 is 1.35 bits per heavy atom. The van der Waals surface area contributed by atoms with E-state index >= 15 is 0 Å². The number of hydrogen-bond donors (Lipinski definition) is 1. The standard InChI is InChI=1S/C15H9Cl2F5O/c16-11-7-3-1-5-9(11)13(23,14(18,19)15(20,21)22)10-6-2-4-8-12(10)17/h1-8,23H. The number of halogens is 7. The van der Waals surface area contributed by atoms with E-state index in [0.717, 1.165) is 24.3 Å². The molecule has 0 aliphatic rings. The van der Waals surface area contributed by atoms with Crippen molar-refractivity contribution in [3.05, 3.63) is 69.7 Å². The smallest absolute Gasteiger partial charge is 0.374 e. The Balaban J connectivity index is 2.87. The van der Waals surface area contributed by atoms with Crippen molar-refractivity contribution >= 4 is 23.2 Å². The van der Waals surface area contributed by atoms with Crippen LogP contribution >= 0.6 is 23.2 Å². The summed E-state index contributed by atoms with van der Waals surface area (Å²) in [6, 6.07) is 9.05. The lowest BCUT2D eigenvalue weighted by atomic mass is 9.80. The number of rotatable bonds is 3. The quantitative estimate of drug-likeness (QED) is 0.714. The Morgan fingerprint density at radius 1 is 0.696 bits per heavy atom. The van der Waals surface area contributed by atoms with E-state index in [1.54, 1.807) is 0 Å². The molecule has 124 valence electrons. The third-order valence-corrected chi connectivity index (χ3v) is 4.00. The Bertz CT molecular complexity index is 670. The zero-order valence-corrected chi connectivity index (χ0v) is 12.7. The second kappa shape index (κ2) is 5.92. The Kier molecular flexibility index (Phi) is 4.63. The van der Waals surface area contributed by atoms with Crippen LogP contribution in [0.25, 0.3) is 0 Å². The average Bonchev–Trinajstić information content (AvgIpc) is 2.46. The number of hydrogen-bond acceptors (Lipinski definition) is 1. The molecule has 0 bridgehead atoms. The third-order valence-electron chi connectivity index (χ3n) is 3.34. The summed E-state index contributed by atoms with van der Waals surface area (Å²) in [4.78, 5) is 0. The van der Waals surface area contributed by atoms with E-state index in [2.05, 4.69) is 0 Å². The molecule has 1 N–H and O–H groups in total. The zero-order chi connectivity index (χ0) is 17.5. The lowest BCUT2D eigenvalue weighted by Crippen LogP contribution is -2.55.